The van der Waals surface area contributed by atoms with Crippen molar-refractivity contribution in [1.29, 1.82) is 0 Å². The van der Waals surface area contributed by atoms with Gasteiger partial charge in [0.1, 0.15) is 11.9 Å². The first kappa shape index (κ1) is 12.9. The Labute approximate surface area is 114 Å². The molecule has 1 aromatic carbocycles. The molecule has 104 valence electrons. The fraction of sp³-hybridized carbons (Fsp3) is 0.625. The van der Waals surface area contributed by atoms with E-state index in [4.69, 9.17) is 9.47 Å². The summed E-state index contributed by atoms with van der Waals surface area (Å²) in [4.78, 5) is 0. The van der Waals surface area contributed by atoms with Gasteiger partial charge in [-0.2, -0.15) is 0 Å². The van der Waals surface area contributed by atoms with E-state index >= 15 is 0 Å². The maximum absolute atomic E-state index is 9.25. The summed E-state index contributed by atoms with van der Waals surface area (Å²) in [6.45, 7) is 7.59. The summed E-state index contributed by atoms with van der Waals surface area (Å²) in [5.74, 6) is 1.34. The number of rotatable bonds is 2. The van der Waals surface area contributed by atoms with Crippen LogP contribution in [-0.2, 0) is 4.74 Å². The van der Waals surface area contributed by atoms with E-state index in [1.54, 1.807) is 0 Å². The van der Waals surface area contributed by atoms with Crippen LogP contribution in [0.3, 0.4) is 0 Å². The third-order valence-electron chi connectivity index (χ3n) is 4.31. The van der Waals surface area contributed by atoms with E-state index in [9.17, 15) is 5.11 Å². The molecule has 1 fully saturated rings. The SMILES string of the molecule is CC1CC(CO)Oc2ccc(C3OCC3(C)C)cc21. The first-order chi connectivity index (χ1) is 9.01. The predicted octanol–water partition coefficient (Wildman–Crippen LogP) is 3.03. The summed E-state index contributed by atoms with van der Waals surface area (Å²) in [6, 6.07) is 6.34. The summed E-state index contributed by atoms with van der Waals surface area (Å²) >= 11 is 0. The zero-order valence-electron chi connectivity index (χ0n) is 11.8. The van der Waals surface area contributed by atoms with Crippen LogP contribution in [0.15, 0.2) is 18.2 Å². The number of hydrogen-bond acceptors (Lipinski definition) is 3. The van der Waals surface area contributed by atoms with Gasteiger partial charge < -0.3 is 14.6 Å². The van der Waals surface area contributed by atoms with Gasteiger partial charge in [-0.15, -0.1) is 0 Å². The molecule has 0 amide bonds. The molecule has 0 radical (unpaired) electrons. The number of aliphatic hydroxyl groups excluding tert-OH is 1. The van der Waals surface area contributed by atoms with Gasteiger partial charge in [0.15, 0.2) is 0 Å². The minimum Gasteiger partial charge on any atom is -0.488 e. The average molecular weight is 262 g/mol. The quantitative estimate of drug-likeness (QED) is 0.890. The molecule has 1 aromatic rings. The molecule has 19 heavy (non-hydrogen) atoms. The summed E-state index contributed by atoms with van der Waals surface area (Å²) in [5, 5.41) is 9.25. The van der Waals surface area contributed by atoms with Crippen molar-refractivity contribution in [2.75, 3.05) is 13.2 Å². The van der Waals surface area contributed by atoms with E-state index in [1.165, 1.54) is 11.1 Å². The van der Waals surface area contributed by atoms with Crippen molar-refractivity contribution in [3.63, 3.8) is 0 Å². The molecule has 3 nitrogen and oxygen atoms in total. The molecule has 0 aromatic heterocycles. The van der Waals surface area contributed by atoms with Crippen LogP contribution in [0, 0.1) is 5.41 Å². The molecular formula is C16H22O3. The van der Waals surface area contributed by atoms with Crippen molar-refractivity contribution < 1.29 is 14.6 Å². The van der Waals surface area contributed by atoms with Gasteiger partial charge in [-0.1, -0.05) is 26.8 Å². The lowest BCUT2D eigenvalue weighted by Crippen LogP contribution is -2.40. The predicted molar refractivity (Wildman–Crippen MR) is 73.4 cm³/mol. The lowest BCUT2D eigenvalue weighted by atomic mass is 9.77. The average Bonchev–Trinajstić information content (AvgIpc) is 2.38. The van der Waals surface area contributed by atoms with E-state index in [-0.39, 0.29) is 24.2 Å². The van der Waals surface area contributed by atoms with Crippen LogP contribution in [0.25, 0.3) is 0 Å². The van der Waals surface area contributed by atoms with Gasteiger partial charge in [0.2, 0.25) is 0 Å². The van der Waals surface area contributed by atoms with Crippen LogP contribution >= 0.6 is 0 Å². The normalized spacial score (nSPS) is 32.1. The Balaban J connectivity index is 1.90. The Morgan fingerprint density at radius 3 is 2.74 bits per heavy atom. The Kier molecular flexibility index (Phi) is 3.06. The van der Waals surface area contributed by atoms with E-state index in [2.05, 4.69) is 32.9 Å². The first-order valence-corrected chi connectivity index (χ1v) is 7.04. The van der Waals surface area contributed by atoms with Crippen molar-refractivity contribution in [2.24, 2.45) is 5.41 Å². The van der Waals surface area contributed by atoms with Gasteiger partial charge in [0, 0.05) is 5.41 Å². The largest absolute Gasteiger partial charge is 0.488 e. The van der Waals surface area contributed by atoms with Crippen molar-refractivity contribution in [3.8, 4) is 5.75 Å². The van der Waals surface area contributed by atoms with E-state index in [1.807, 2.05) is 6.07 Å². The highest BCUT2D eigenvalue weighted by Gasteiger charge is 2.41. The Hall–Kier alpha value is -1.06. The molecule has 1 N–H and O–H groups in total. The highest BCUT2D eigenvalue weighted by atomic mass is 16.5. The molecule has 3 heteroatoms. The van der Waals surface area contributed by atoms with Crippen molar-refractivity contribution in [2.45, 2.75) is 45.3 Å². The van der Waals surface area contributed by atoms with E-state index < -0.39 is 0 Å². The standard InChI is InChI=1S/C16H22O3/c1-10-6-12(8-17)19-14-5-4-11(7-13(10)14)15-16(2,3)9-18-15/h4-5,7,10,12,15,17H,6,8-9H2,1-3H3. The third-order valence-corrected chi connectivity index (χ3v) is 4.31. The summed E-state index contributed by atoms with van der Waals surface area (Å²) in [6.07, 6.45) is 1.01. The molecular weight excluding hydrogens is 240 g/mol. The first-order valence-electron chi connectivity index (χ1n) is 7.04. The molecule has 0 spiro atoms. The Morgan fingerprint density at radius 2 is 2.16 bits per heavy atom. The van der Waals surface area contributed by atoms with Crippen molar-refractivity contribution in [1.82, 2.24) is 0 Å². The summed E-state index contributed by atoms with van der Waals surface area (Å²) in [5.41, 5.74) is 2.71. The molecule has 3 rings (SSSR count). The molecule has 0 aliphatic carbocycles. The molecule has 3 unspecified atom stereocenters. The van der Waals surface area contributed by atoms with Crippen molar-refractivity contribution >= 4 is 0 Å². The van der Waals surface area contributed by atoms with E-state index in [0.717, 1.165) is 18.8 Å². The van der Waals surface area contributed by atoms with Crippen LogP contribution in [0.4, 0.5) is 0 Å². The lowest BCUT2D eigenvalue weighted by Gasteiger charge is -2.45. The maximum Gasteiger partial charge on any atom is 0.123 e. The van der Waals surface area contributed by atoms with Crippen molar-refractivity contribution in [3.05, 3.63) is 29.3 Å². The Bertz CT molecular complexity index is 481. The zero-order valence-corrected chi connectivity index (χ0v) is 11.8. The van der Waals surface area contributed by atoms with Gasteiger partial charge in [-0.05, 0) is 35.6 Å². The number of hydrogen-bond donors (Lipinski definition) is 1. The number of fused-ring (bicyclic) bond motifs is 1. The maximum atomic E-state index is 9.25. The minimum absolute atomic E-state index is 0.0651. The van der Waals surface area contributed by atoms with Gasteiger partial charge in [0.05, 0.1) is 19.3 Å². The Morgan fingerprint density at radius 1 is 1.37 bits per heavy atom. The van der Waals surface area contributed by atoms with E-state index in [0.29, 0.717) is 5.92 Å². The number of aliphatic hydroxyl groups is 1. The third kappa shape index (κ3) is 2.15. The topological polar surface area (TPSA) is 38.7 Å². The smallest absolute Gasteiger partial charge is 0.123 e. The lowest BCUT2D eigenvalue weighted by molar-refractivity contribution is -0.172. The fourth-order valence-corrected chi connectivity index (χ4v) is 3.13. The highest BCUT2D eigenvalue weighted by molar-refractivity contribution is 5.42. The summed E-state index contributed by atoms with van der Waals surface area (Å²) in [7, 11) is 0. The molecule has 0 saturated carbocycles. The van der Waals surface area contributed by atoms with Gasteiger partial charge in [-0.25, -0.2) is 0 Å². The second-order valence-corrected chi connectivity index (χ2v) is 6.54. The van der Waals surface area contributed by atoms with Crippen LogP contribution < -0.4 is 4.74 Å². The van der Waals surface area contributed by atoms with Gasteiger partial charge >= 0.3 is 0 Å². The fourth-order valence-electron chi connectivity index (χ4n) is 3.13. The van der Waals surface area contributed by atoms with Crippen LogP contribution in [-0.4, -0.2) is 24.4 Å². The van der Waals surface area contributed by atoms with Gasteiger partial charge in [-0.3, -0.25) is 0 Å². The highest BCUT2D eigenvalue weighted by Crippen LogP contribution is 2.47. The number of benzene rings is 1. The van der Waals surface area contributed by atoms with Crippen LogP contribution in [0.2, 0.25) is 0 Å². The van der Waals surface area contributed by atoms with Crippen LogP contribution in [0.1, 0.15) is 50.3 Å². The molecule has 3 atom stereocenters. The number of ether oxygens (including phenoxy) is 2. The second-order valence-electron chi connectivity index (χ2n) is 6.54. The molecule has 0 bridgehead atoms. The summed E-state index contributed by atoms with van der Waals surface area (Å²) < 4.78 is 11.5. The molecule has 2 aliphatic heterocycles. The monoisotopic (exact) mass is 262 g/mol. The zero-order chi connectivity index (χ0) is 13.6. The van der Waals surface area contributed by atoms with Crippen LogP contribution in [0.5, 0.6) is 5.75 Å². The second kappa shape index (κ2) is 4.50. The minimum atomic E-state index is -0.0651. The van der Waals surface area contributed by atoms with Gasteiger partial charge in [0.25, 0.3) is 0 Å². The molecule has 1 saturated heterocycles. The molecule has 2 heterocycles. The molecule has 2 aliphatic rings.